The Balaban J connectivity index is 1.70. The van der Waals surface area contributed by atoms with Gasteiger partial charge >= 0.3 is 0 Å². The molecule has 1 aliphatic rings. The molecule has 2 heterocycles. The second kappa shape index (κ2) is 6.70. The Morgan fingerprint density at radius 3 is 2.92 bits per heavy atom. The Labute approximate surface area is 139 Å². The fourth-order valence-electron chi connectivity index (χ4n) is 3.21. The SMILES string of the molecule is Cc1cc(NC(=O)CN2C[C@H](O)C[C@H]2c2cccc(F)c2)n(C)n1. The standard InChI is InChI=1S/C17H21FN4O2/c1-11-6-16(21(2)20-11)19-17(24)10-22-9-14(23)8-15(22)12-4-3-5-13(18)7-12/h3-7,14-15,23H,8-10H2,1-2H3,(H,19,24)/t14-,15+/m1/s1. The number of benzene rings is 1. The van der Waals surface area contributed by atoms with E-state index in [0.717, 1.165) is 11.3 Å². The third-order valence-electron chi connectivity index (χ3n) is 4.23. The average Bonchev–Trinajstić information content (AvgIpc) is 3.01. The van der Waals surface area contributed by atoms with Gasteiger partial charge in [-0.3, -0.25) is 14.4 Å². The van der Waals surface area contributed by atoms with E-state index >= 15 is 0 Å². The number of aliphatic hydroxyl groups is 1. The molecule has 1 fully saturated rings. The van der Waals surface area contributed by atoms with Crippen molar-refractivity contribution in [2.24, 2.45) is 7.05 Å². The third kappa shape index (κ3) is 3.63. The zero-order chi connectivity index (χ0) is 17.3. The van der Waals surface area contributed by atoms with Gasteiger partial charge in [-0.2, -0.15) is 5.10 Å². The third-order valence-corrected chi connectivity index (χ3v) is 4.23. The second-order valence-electron chi connectivity index (χ2n) is 6.23. The van der Waals surface area contributed by atoms with Crippen molar-refractivity contribution in [1.29, 1.82) is 0 Å². The van der Waals surface area contributed by atoms with E-state index < -0.39 is 6.10 Å². The number of carbonyl (C=O) groups excluding carboxylic acids is 1. The first-order valence-electron chi connectivity index (χ1n) is 7.90. The van der Waals surface area contributed by atoms with Crippen molar-refractivity contribution < 1.29 is 14.3 Å². The van der Waals surface area contributed by atoms with Gasteiger partial charge in [-0.05, 0) is 31.0 Å². The van der Waals surface area contributed by atoms with Crippen molar-refractivity contribution in [3.05, 3.63) is 47.4 Å². The number of nitrogens with one attached hydrogen (secondary N) is 1. The van der Waals surface area contributed by atoms with Gasteiger partial charge in [0, 0.05) is 25.7 Å². The van der Waals surface area contributed by atoms with Crippen LogP contribution in [0.4, 0.5) is 10.2 Å². The van der Waals surface area contributed by atoms with Crippen LogP contribution in [-0.4, -0.2) is 44.9 Å². The number of carbonyl (C=O) groups is 1. The summed E-state index contributed by atoms with van der Waals surface area (Å²) in [5.74, 6) is 0.122. The maximum absolute atomic E-state index is 13.5. The van der Waals surface area contributed by atoms with Gasteiger partial charge in [-0.15, -0.1) is 0 Å². The highest BCUT2D eigenvalue weighted by Gasteiger charge is 2.33. The van der Waals surface area contributed by atoms with E-state index in [4.69, 9.17) is 0 Å². The molecule has 0 aliphatic carbocycles. The van der Waals surface area contributed by atoms with Gasteiger partial charge < -0.3 is 10.4 Å². The topological polar surface area (TPSA) is 70.4 Å². The minimum atomic E-state index is -0.523. The molecule has 24 heavy (non-hydrogen) atoms. The highest BCUT2D eigenvalue weighted by molar-refractivity contribution is 5.91. The number of β-amino-alcohol motifs (C(OH)–C–C–N with tert-alkyl or cyclic N) is 1. The summed E-state index contributed by atoms with van der Waals surface area (Å²) in [6.07, 6.45) is -0.0355. The number of aryl methyl sites for hydroxylation is 2. The van der Waals surface area contributed by atoms with Gasteiger partial charge in [0.2, 0.25) is 5.91 Å². The van der Waals surface area contributed by atoms with Crippen LogP contribution in [0.3, 0.4) is 0 Å². The van der Waals surface area contributed by atoms with Crippen LogP contribution in [0.2, 0.25) is 0 Å². The molecule has 2 N–H and O–H groups in total. The number of aliphatic hydroxyl groups excluding tert-OH is 1. The Kier molecular flexibility index (Phi) is 4.64. The largest absolute Gasteiger partial charge is 0.392 e. The lowest BCUT2D eigenvalue weighted by atomic mass is 10.0. The normalized spacial score (nSPS) is 21.2. The van der Waals surface area contributed by atoms with E-state index in [1.54, 1.807) is 23.9 Å². The zero-order valence-corrected chi connectivity index (χ0v) is 13.7. The monoisotopic (exact) mass is 332 g/mol. The van der Waals surface area contributed by atoms with Crippen LogP contribution in [0.1, 0.15) is 23.7 Å². The summed E-state index contributed by atoms with van der Waals surface area (Å²) in [6.45, 7) is 2.37. The van der Waals surface area contributed by atoms with E-state index in [0.29, 0.717) is 18.8 Å². The first kappa shape index (κ1) is 16.6. The lowest BCUT2D eigenvalue weighted by Crippen LogP contribution is -2.34. The number of halogens is 1. The number of aromatic nitrogens is 2. The Bertz CT molecular complexity index is 746. The van der Waals surface area contributed by atoms with Crippen LogP contribution in [0, 0.1) is 12.7 Å². The van der Waals surface area contributed by atoms with Crippen LogP contribution >= 0.6 is 0 Å². The molecular weight excluding hydrogens is 311 g/mol. The number of rotatable bonds is 4. The minimum absolute atomic E-state index is 0.127. The molecule has 1 amide bonds. The molecule has 1 aromatic heterocycles. The van der Waals surface area contributed by atoms with Crippen molar-refractivity contribution >= 4 is 11.7 Å². The van der Waals surface area contributed by atoms with Crippen molar-refractivity contribution in [1.82, 2.24) is 14.7 Å². The van der Waals surface area contributed by atoms with Gasteiger partial charge in [0.1, 0.15) is 11.6 Å². The first-order valence-corrected chi connectivity index (χ1v) is 7.90. The number of likely N-dealkylation sites (tertiary alicyclic amines) is 1. The second-order valence-corrected chi connectivity index (χ2v) is 6.23. The van der Waals surface area contributed by atoms with Gasteiger partial charge in [0.25, 0.3) is 0 Å². The van der Waals surface area contributed by atoms with E-state index in [1.165, 1.54) is 12.1 Å². The van der Waals surface area contributed by atoms with E-state index in [2.05, 4.69) is 10.4 Å². The minimum Gasteiger partial charge on any atom is -0.392 e. The molecule has 6 nitrogen and oxygen atoms in total. The Morgan fingerprint density at radius 1 is 1.46 bits per heavy atom. The molecule has 2 aromatic rings. The molecular formula is C17H21FN4O2. The molecule has 128 valence electrons. The van der Waals surface area contributed by atoms with E-state index in [-0.39, 0.29) is 24.3 Å². The van der Waals surface area contributed by atoms with Gasteiger partial charge in [0.05, 0.1) is 18.3 Å². The summed E-state index contributed by atoms with van der Waals surface area (Å²) in [6, 6.07) is 7.93. The van der Waals surface area contributed by atoms with Crippen LogP contribution in [0.5, 0.6) is 0 Å². The highest BCUT2D eigenvalue weighted by Crippen LogP contribution is 2.32. The summed E-state index contributed by atoms with van der Waals surface area (Å²) in [5, 5.41) is 17.0. The Morgan fingerprint density at radius 2 is 2.25 bits per heavy atom. The van der Waals surface area contributed by atoms with E-state index in [1.807, 2.05) is 17.9 Å². The highest BCUT2D eigenvalue weighted by atomic mass is 19.1. The predicted octanol–water partition coefficient (Wildman–Crippen LogP) is 1.61. The summed E-state index contributed by atoms with van der Waals surface area (Å²) >= 11 is 0. The number of anilines is 1. The molecule has 3 rings (SSSR count). The van der Waals surface area contributed by atoms with Crippen LogP contribution in [0.15, 0.2) is 30.3 Å². The zero-order valence-electron chi connectivity index (χ0n) is 13.7. The molecule has 0 unspecified atom stereocenters. The first-order chi connectivity index (χ1) is 11.4. The van der Waals surface area contributed by atoms with Gasteiger partial charge in [-0.1, -0.05) is 12.1 Å². The summed E-state index contributed by atoms with van der Waals surface area (Å²) in [5.41, 5.74) is 1.60. The summed E-state index contributed by atoms with van der Waals surface area (Å²) in [7, 11) is 1.76. The number of nitrogens with zero attached hydrogens (tertiary/aromatic N) is 3. The molecule has 7 heteroatoms. The summed E-state index contributed by atoms with van der Waals surface area (Å²) in [4.78, 5) is 14.2. The molecule has 0 radical (unpaired) electrons. The molecule has 1 aliphatic heterocycles. The maximum atomic E-state index is 13.5. The summed E-state index contributed by atoms with van der Waals surface area (Å²) < 4.78 is 15.1. The van der Waals surface area contributed by atoms with Crippen LogP contribution < -0.4 is 5.32 Å². The predicted molar refractivity (Wildman–Crippen MR) is 87.9 cm³/mol. The molecule has 1 aromatic carbocycles. The van der Waals surface area contributed by atoms with E-state index in [9.17, 15) is 14.3 Å². The van der Waals surface area contributed by atoms with Crippen LogP contribution in [0.25, 0.3) is 0 Å². The molecule has 1 saturated heterocycles. The number of hydrogen-bond acceptors (Lipinski definition) is 4. The maximum Gasteiger partial charge on any atom is 0.239 e. The Hall–Kier alpha value is -2.25. The number of amides is 1. The molecule has 0 saturated carbocycles. The average molecular weight is 332 g/mol. The molecule has 2 atom stereocenters. The number of hydrogen-bond donors (Lipinski definition) is 2. The van der Waals surface area contributed by atoms with Crippen molar-refractivity contribution in [2.75, 3.05) is 18.4 Å². The quantitative estimate of drug-likeness (QED) is 0.892. The fraction of sp³-hybridized carbons (Fsp3) is 0.412. The van der Waals surface area contributed by atoms with Crippen molar-refractivity contribution in [3.8, 4) is 0 Å². The smallest absolute Gasteiger partial charge is 0.239 e. The van der Waals surface area contributed by atoms with Crippen molar-refractivity contribution in [3.63, 3.8) is 0 Å². The van der Waals surface area contributed by atoms with Gasteiger partial charge in [-0.25, -0.2) is 4.39 Å². The lowest BCUT2D eigenvalue weighted by molar-refractivity contribution is -0.117. The lowest BCUT2D eigenvalue weighted by Gasteiger charge is -2.23. The van der Waals surface area contributed by atoms with Crippen molar-refractivity contribution in [2.45, 2.75) is 25.5 Å². The molecule has 0 bridgehead atoms. The molecule has 0 spiro atoms. The fourth-order valence-corrected chi connectivity index (χ4v) is 3.21. The van der Waals surface area contributed by atoms with Gasteiger partial charge in [0.15, 0.2) is 0 Å². The van der Waals surface area contributed by atoms with Crippen LogP contribution in [-0.2, 0) is 11.8 Å².